The molecule has 0 aliphatic rings. The topological polar surface area (TPSA) is 75.0 Å². The van der Waals surface area contributed by atoms with Crippen molar-refractivity contribution in [3.8, 4) is 0 Å². The van der Waals surface area contributed by atoms with Gasteiger partial charge < -0.3 is 9.72 Å². The smallest absolute Gasteiger partial charge is 0.310 e. The van der Waals surface area contributed by atoms with Gasteiger partial charge in [0.25, 0.3) is 5.56 Å². The second-order valence-electron chi connectivity index (χ2n) is 4.12. The first-order valence-corrected chi connectivity index (χ1v) is 6.43. The summed E-state index contributed by atoms with van der Waals surface area (Å²) in [5, 5.41) is 0. The highest BCUT2D eigenvalue weighted by molar-refractivity contribution is 7.71. The van der Waals surface area contributed by atoms with Crippen LogP contribution >= 0.6 is 12.2 Å². The molecule has 1 rings (SSSR count). The molecule has 1 aromatic heterocycles. The number of H-pyrrole nitrogens is 2. The molecule has 6 heteroatoms. The lowest BCUT2D eigenvalue weighted by Crippen LogP contribution is -2.21. The van der Waals surface area contributed by atoms with Gasteiger partial charge in [0.15, 0.2) is 4.77 Å². The second kappa shape index (κ2) is 7.10. The van der Waals surface area contributed by atoms with E-state index in [2.05, 4.69) is 16.9 Å². The molecule has 2 N–H and O–H groups in total. The molecular formula is C12H18N2O3S. The molecule has 0 saturated heterocycles. The van der Waals surface area contributed by atoms with Gasteiger partial charge in [-0.05, 0) is 25.6 Å². The van der Waals surface area contributed by atoms with Crippen LogP contribution in [0.3, 0.4) is 0 Å². The lowest BCUT2D eigenvalue weighted by Gasteiger charge is -2.06. The van der Waals surface area contributed by atoms with E-state index in [0.717, 1.165) is 19.3 Å². The van der Waals surface area contributed by atoms with E-state index >= 15 is 0 Å². The summed E-state index contributed by atoms with van der Waals surface area (Å²) in [7, 11) is 0. The minimum Gasteiger partial charge on any atom is -0.465 e. The molecule has 1 heterocycles. The van der Waals surface area contributed by atoms with Gasteiger partial charge in [0.05, 0.1) is 13.0 Å². The quantitative estimate of drug-likeness (QED) is 0.471. The van der Waals surface area contributed by atoms with Crippen LogP contribution in [0.4, 0.5) is 0 Å². The third kappa shape index (κ3) is 4.44. The predicted octanol–water partition coefficient (Wildman–Crippen LogP) is 2.02. The molecule has 5 nitrogen and oxygen atoms in total. The molecule has 0 amide bonds. The van der Waals surface area contributed by atoms with Crippen LogP contribution in [0.2, 0.25) is 0 Å². The predicted molar refractivity (Wildman–Crippen MR) is 71.2 cm³/mol. The third-order valence-corrected chi connectivity index (χ3v) is 2.79. The summed E-state index contributed by atoms with van der Waals surface area (Å²) in [6.45, 7) is 4.20. The molecule has 0 fully saturated rings. The van der Waals surface area contributed by atoms with Crippen molar-refractivity contribution in [1.82, 2.24) is 9.97 Å². The first-order valence-electron chi connectivity index (χ1n) is 6.02. The number of aromatic nitrogens is 2. The Morgan fingerprint density at radius 1 is 1.33 bits per heavy atom. The van der Waals surface area contributed by atoms with Gasteiger partial charge in [0.1, 0.15) is 0 Å². The minimum atomic E-state index is -0.384. The molecule has 0 radical (unpaired) electrons. The van der Waals surface area contributed by atoms with Crippen LogP contribution in [0.25, 0.3) is 0 Å². The number of esters is 1. The van der Waals surface area contributed by atoms with Gasteiger partial charge in [-0.3, -0.25) is 14.6 Å². The van der Waals surface area contributed by atoms with Crippen LogP contribution in [-0.4, -0.2) is 22.5 Å². The highest BCUT2D eigenvalue weighted by atomic mass is 32.1. The molecular weight excluding hydrogens is 252 g/mol. The number of nitrogens with one attached hydrogen (secondary N) is 2. The molecule has 100 valence electrons. The summed E-state index contributed by atoms with van der Waals surface area (Å²) in [6.07, 6.45) is 2.94. The van der Waals surface area contributed by atoms with Crippen LogP contribution in [0, 0.1) is 11.7 Å². The first kappa shape index (κ1) is 14.6. The number of hydrogen-bond donors (Lipinski definition) is 2. The van der Waals surface area contributed by atoms with Gasteiger partial charge in [-0.15, -0.1) is 0 Å². The number of hydrogen-bond acceptors (Lipinski definition) is 4. The Morgan fingerprint density at radius 3 is 2.67 bits per heavy atom. The fraction of sp³-hybridized carbons (Fsp3) is 0.583. The summed E-state index contributed by atoms with van der Waals surface area (Å²) in [5.74, 6) is -0.384. The van der Waals surface area contributed by atoms with Crippen molar-refractivity contribution in [1.29, 1.82) is 0 Å². The van der Waals surface area contributed by atoms with E-state index in [0.29, 0.717) is 17.9 Å². The van der Waals surface area contributed by atoms with Crippen molar-refractivity contribution >= 4 is 18.2 Å². The molecule has 0 atom stereocenters. The number of aromatic amines is 2. The van der Waals surface area contributed by atoms with Crippen LogP contribution in [0.1, 0.15) is 37.4 Å². The Kier molecular flexibility index (Phi) is 5.77. The molecule has 18 heavy (non-hydrogen) atoms. The second-order valence-corrected chi connectivity index (χ2v) is 4.52. The third-order valence-electron chi connectivity index (χ3n) is 2.59. The van der Waals surface area contributed by atoms with E-state index in [1.54, 1.807) is 6.92 Å². The van der Waals surface area contributed by atoms with Gasteiger partial charge in [-0.25, -0.2) is 0 Å². The molecule has 0 aromatic carbocycles. The molecule has 0 aliphatic heterocycles. The van der Waals surface area contributed by atoms with Gasteiger partial charge in [0, 0.05) is 11.3 Å². The monoisotopic (exact) mass is 270 g/mol. The zero-order valence-electron chi connectivity index (χ0n) is 10.7. The van der Waals surface area contributed by atoms with Gasteiger partial charge in [0.2, 0.25) is 0 Å². The van der Waals surface area contributed by atoms with Crippen molar-refractivity contribution in [2.24, 2.45) is 0 Å². The Morgan fingerprint density at radius 2 is 2.06 bits per heavy atom. The van der Waals surface area contributed by atoms with Crippen molar-refractivity contribution < 1.29 is 9.53 Å². The van der Waals surface area contributed by atoms with Gasteiger partial charge in [-0.2, -0.15) is 0 Å². The average Bonchev–Trinajstić information content (AvgIpc) is 2.29. The number of carbonyl (C=O) groups is 1. The summed E-state index contributed by atoms with van der Waals surface area (Å²) < 4.78 is 5.32. The first-order chi connectivity index (χ1) is 8.54. The number of ether oxygens (including phenoxy) is 1. The normalized spacial score (nSPS) is 10.3. The van der Waals surface area contributed by atoms with E-state index in [9.17, 15) is 9.59 Å². The summed E-state index contributed by atoms with van der Waals surface area (Å²) in [6, 6.07) is 0. The van der Waals surface area contributed by atoms with Crippen molar-refractivity contribution in [3.63, 3.8) is 0 Å². The molecule has 0 spiro atoms. The zero-order valence-corrected chi connectivity index (χ0v) is 11.5. The van der Waals surface area contributed by atoms with Gasteiger partial charge >= 0.3 is 5.97 Å². The average molecular weight is 270 g/mol. The van der Waals surface area contributed by atoms with Crippen LogP contribution in [0.5, 0.6) is 0 Å². The largest absolute Gasteiger partial charge is 0.465 e. The summed E-state index contributed by atoms with van der Waals surface area (Å²) in [4.78, 5) is 28.4. The maximum Gasteiger partial charge on any atom is 0.310 e. The molecule has 1 aromatic rings. The maximum atomic E-state index is 11.6. The highest BCUT2D eigenvalue weighted by Gasteiger charge is 2.11. The fourth-order valence-electron chi connectivity index (χ4n) is 1.57. The summed E-state index contributed by atoms with van der Waals surface area (Å²) >= 11 is 4.83. The standard InChI is InChI=1S/C12H18N2O3S/c1-3-4-5-6-17-10(15)7-9-8(2)13-12(18)14-11(9)16/h3-7H2,1-2H3,(H2,13,14,16,18). The number of carbonyl (C=O) groups excluding carboxylic acids is 1. The maximum absolute atomic E-state index is 11.6. The number of rotatable bonds is 6. The lowest BCUT2D eigenvalue weighted by molar-refractivity contribution is -0.143. The van der Waals surface area contributed by atoms with Gasteiger partial charge in [-0.1, -0.05) is 19.8 Å². The van der Waals surface area contributed by atoms with Crippen molar-refractivity contribution in [3.05, 3.63) is 26.4 Å². The van der Waals surface area contributed by atoms with E-state index < -0.39 is 0 Å². The number of unbranched alkanes of at least 4 members (excludes halogenated alkanes) is 2. The molecule has 0 unspecified atom stereocenters. The molecule has 0 saturated carbocycles. The van der Waals surface area contributed by atoms with Crippen molar-refractivity contribution in [2.45, 2.75) is 39.5 Å². The lowest BCUT2D eigenvalue weighted by atomic mass is 10.2. The fourth-order valence-corrected chi connectivity index (χ4v) is 1.82. The van der Waals surface area contributed by atoms with E-state index in [1.165, 1.54) is 0 Å². The Labute approximate surface area is 111 Å². The Bertz CT molecular complexity index is 519. The van der Waals surface area contributed by atoms with Crippen LogP contribution in [-0.2, 0) is 16.0 Å². The minimum absolute atomic E-state index is 0.0284. The summed E-state index contributed by atoms with van der Waals surface area (Å²) in [5.41, 5.74) is 0.653. The van der Waals surface area contributed by atoms with E-state index in [1.807, 2.05) is 0 Å². The molecule has 0 aliphatic carbocycles. The van der Waals surface area contributed by atoms with E-state index in [-0.39, 0.29) is 22.7 Å². The van der Waals surface area contributed by atoms with Crippen LogP contribution in [0.15, 0.2) is 4.79 Å². The highest BCUT2D eigenvalue weighted by Crippen LogP contribution is 2.01. The zero-order chi connectivity index (χ0) is 13.5. The van der Waals surface area contributed by atoms with Crippen molar-refractivity contribution in [2.75, 3.05) is 6.61 Å². The number of aryl methyl sites for hydroxylation is 1. The van der Waals surface area contributed by atoms with E-state index in [4.69, 9.17) is 17.0 Å². The van der Waals surface area contributed by atoms with Crippen LogP contribution < -0.4 is 5.56 Å². The Hall–Kier alpha value is -1.43. The molecule has 0 bridgehead atoms. The SMILES string of the molecule is CCCCCOC(=O)Cc1c(C)[nH]c(=S)[nH]c1=O. The Balaban J connectivity index is 2.60.